The molecular weight excluding hydrogens is 258 g/mol. The molecule has 0 saturated heterocycles. The topological polar surface area (TPSA) is 68.7 Å². The second kappa shape index (κ2) is 6.56. The van der Waals surface area contributed by atoms with Crippen LogP contribution in [0, 0.1) is 0 Å². The lowest BCUT2D eigenvalue weighted by Gasteiger charge is -2.12. The van der Waals surface area contributed by atoms with Crippen LogP contribution in [0.15, 0.2) is 42.6 Å². The molecule has 1 aromatic heterocycles. The summed E-state index contributed by atoms with van der Waals surface area (Å²) in [5.74, 6) is 0.146. The minimum Gasteiger partial charge on any atom is -0.490 e. The molecule has 0 unspecified atom stereocenters. The highest BCUT2D eigenvalue weighted by Gasteiger charge is 2.12. The maximum atomic E-state index is 11.1. The number of nitrogens with zero attached hydrogens (tertiary/aromatic N) is 1. The van der Waals surface area contributed by atoms with Crippen molar-refractivity contribution in [2.45, 2.75) is 13.5 Å². The fourth-order valence-electron chi connectivity index (χ4n) is 1.75. The van der Waals surface area contributed by atoms with Gasteiger partial charge in [0, 0.05) is 11.8 Å². The van der Waals surface area contributed by atoms with Gasteiger partial charge in [-0.1, -0.05) is 18.2 Å². The van der Waals surface area contributed by atoms with Gasteiger partial charge in [-0.15, -0.1) is 0 Å². The Morgan fingerprint density at radius 2 is 1.85 bits per heavy atom. The van der Waals surface area contributed by atoms with Gasteiger partial charge in [0.25, 0.3) is 0 Å². The number of hydrogen-bond donors (Lipinski definition) is 1. The predicted octanol–water partition coefficient (Wildman–Crippen LogP) is 2.76. The Balaban J connectivity index is 2.15. The van der Waals surface area contributed by atoms with Crippen LogP contribution in [-0.2, 0) is 6.61 Å². The van der Waals surface area contributed by atoms with Crippen molar-refractivity contribution in [2.75, 3.05) is 6.61 Å². The van der Waals surface area contributed by atoms with Gasteiger partial charge in [-0.25, -0.2) is 9.78 Å². The van der Waals surface area contributed by atoms with Gasteiger partial charge in [-0.05, 0) is 25.1 Å². The number of para-hydroxylation sites is 2. The number of carboxylic acids is 1. The molecule has 0 aliphatic carbocycles. The summed E-state index contributed by atoms with van der Waals surface area (Å²) in [4.78, 5) is 14.9. The molecule has 0 atom stereocenters. The number of benzene rings is 1. The molecule has 1 aromatic carbocycles. The fourth-order valence-corrected chi connectivity index (χ4v) is 1.75. The summed E-state index contributed by atoms with van der Waals surface area (Å²) < 4.78 is 11.1. The highest BCUT2D eigenvalue weighted by atomic mass is 16.5. The second-order valence-corrected chi connectivity index (χ2v) is 3.98. The molecule has 1 N–H and O–H groups in total. The van der Waals surface area contributed by atoms with E-state index in [0.29, 0.717) is 23.7 Å². The minimum absolute atomic E-state index is 0.00129. The molecule has 0 saturated carbocycles. The summed E-state index contributed by atoms with van der Waals surface area (Å²) in [6.45, 7) is 2.55. The van der Waals surface area contributed by atoms with Crippen molar-refractivity contribution in [3.8, 4) is 11.5 Å². The number of aromatic nitrogens is 1. The molecular formula is C15H15NO4. The van der Waals surface area contributed by atoms with E-state index in [9.17, 15) is 4.79 Å². The van der Waals surface area contributed by atoms with Crippen molar-refractivity contribution in [3.63, 3.8) is 0 Å². The van der Waals surface area contributed by atoms with E-state index in [0.717, 1.165) is 0 Å². The maximum Gasteiger partial charge on any atom is 0.354 e. The summed E-state index contributed by atoms with van der Waals surface area (Å²) in [5, 5.41) is 9.06. The maximum absolute atomic E-state index is 11.1. The van der Waals surface area contributed by atoms with Crippen molar-refractivity contribution in [1.29, 1.82) is 0 Å². The third-order valence-corrected chi connectivity index (χ3v) is 2.63. The average Bonchev–Trinajstić information content (AvgIpc) is 2.47. The van der Waals surface area contributed by atoms with Gasteiger partial charge in [0.15, 0.2) is 17.2 Å². The summed E-state index contributed by atoms with van der Waals surface area (Å²) in [5.41, 5.74) is 0.521. The van der Waals surface area contributed by atoms with Crippen LogP contribution in [0.5, 0.6) is 11.5 Å². The van der Waals surface area contributed by atoms with E-state index in [2.05, 4.69) is 4.98 Å². The number of aromatic carboxylic acids is 1. The molecule has 1 heterocycles. The number of ether oxygens (including phenoxy) is 2. The van der Waals surface area contributed by atoms with E-state index in [1.807, 2.05) is 19.1 Å². The number of carboxylic acid groups (broad SMARTS) is 1. The Morgan fingerprint density at radius 3 is 2.50 bits per heavy atom. The largest absolute Gasteiger partial charge is 0.490 e. The minimum atomic E-state index is -1.07. The normalized spacial score (nSPS) is 10.1. The van der Waals surface area contributed by atoms with Crippen LogP contribution in [0.3, 0.4) is 0 Å². The number of pyridine rings is 1. The van der Waals surface area contributed by atoms with Crippen LogP contribution < -0.4 is 9.47 Å². The SMILES string of the molecule is CCOc1ccccc1OCc1cccnc1C(=O)O. The van der Waals surface area contributed by atoms with Gasteiger partial charge in [0.1, 0.15) is 6.61 Å². The summed E-state index contributed by atoms with van der Waals surface area (Å²) in [6.07, 6.45) is 1.45. The van der Waals surface area contributed by atoms with Crippen molar-refractivity contribution in [3.05, 3.63) is 53.9 Å². The van der Waals surface area contributed by atoms with Crippen molar-refractivity contribution in [2.24, 2.45) is 0 Å². The van der Waals surface area contributed by atoms with Gasteiger partial charge < -0.3 is 14.6 Å². The molecule has 0 fully saturated rings. The van der Waals surface area contributed by atoms with E-state index < -0.39 is 5.97 Å². The lowest BCUT2D eigenvalue weighted by atomic mass is 10.2. The van der Waals surface area contributed by atoms with E-state index >= 15 is 0 Å². The van der Waals surface area contributed by atoms with Crippen LogP contribution in [0.25, 0.3) is 0 Å². The number of carbonyl (C=O) groups is 1. The van der Waals surface area contributed by atoms with Gasteiger partial charge in [-0.3, -0.25) is 0 Å². The van der Waals surface area contributed by atoms with Crippen molar-refractivity contribution in [1.82, 2.24) is 4.98 Å². The van der Waals surface area contributed by atoms with Gasteiger partial charge >= 0.3 is 5.97 Å². The molecule has 0 aliphatic rings. The zero-order valence-corrected chi connectivity index (χ0v) is 11.1. The first kappa shape index (κ1) is 13.9. The smallest absolute Gasteiger partial charge is 0.354 e. The quantitative estimate of drug-likeness (QED) is 0.876. The summed E-state index contributed by atoms with van der Waals surface area (Å²) in [7, 11) is 0. The zero-order valence-electron chi connectivity index (χ0n) is 11.1. The number of rotatable bonds is 6. The van der Waals surface area contributed by atoms with Crippen molar-refractivity contribution < 1.29 is 19.4 Å². The first-order valence-electron chi connectivity index (χ1n) is 6.24. The van der Waals surface area contributed by atoms with Gasteiger partial charge in [0.05, 0.1) is 6.61 Å². The molecule has 0 aliphatic heterocycles. The molecule has 5 nitrogen and oxygen atoms in total. The van der Waals surface area contributed by atoms with E-state index in [4.69, 9.17) is 14.6 Å². The molecule has 0 spiro atoms. The van der Waals surface area contributed by atoms with E-state index in [-0.39, 0.29) is 12.3 Å². The summed E-state index contributed by atoms with van der Waals surface area (Å²) >= 11 is 0. The molecule has 104 valence electrons. The van der Waals surface area contributed by atoms with Crippen LogP contribution in [0.4, 0.5) is 0 Å². The molecule has 0 amide bonds. The van der Waals surface area contributed by atoms with Crippen LogP contribution in [0.2, 0.25) is 0 Å². The Morgan fingerprint density at radius 1 is 1.15 bits per heavy atom. The highest BCUT2D eigenvalue weighted by molar-refractivity contribution is 5.86. The molecule has 2 aromatic rings. The van der Waals surface area contributed by atoms with Crippen LogP contribution in [-0.4, -0.2) is 22.7 Å². The third kappa shape index (κ3) is 3.26. The first-order valence-corrected chi connectivity index (χ1v) is 6.24. The highest BCUT2D eigenvalue weighted by Crippen LogP contribution is 2.27. The first-order chi connectivity index (χ1) is 9.72. The van der Waals surface area contributed by atoms with Crippen LogP contribution in [0.1, 0.15) is 23.0 Å². The van der Waals surface area contributed by atoms with E-state index in [1.165, 1.54) is 6.20 Å². The molecule has 0 radical (unpaired) electrons. The van der Waals surface area contributed by atoms with Gasteiger partial charge in [0.2, 0.25) is 0 Å². The van der Waals surface area contributed by atoms with Crippen molar-refractivity contribution >= 4 is 5.97 Å². The predicted molar refractivity (Wildman–Crippen MR) is 73.1 cm³/mol. The Kier molecular flexibility index (Phi) is 4.55. The fraction of sp³-hybridized carbons (Fsp3) is 0.200. The third-order valence-electron chi connectivity index (χ3n) is 2.63. The van der Waals surface area contributed by atoms with Crippen LogP contribution >= 0.6 is 0 Å². The Labute approximate surface area is 116 Å². The van der Waals surface area contributed by atoms with Gasteiger partial charge in [-0.2, -0.15) is 0 Å². The summed E-state index contributed by atoms with van der Waals surface area (Å²) in [6, 6.07) is 10.6. The number of hydrogen-bond acceptors (Lipinski definition) is 4. The molecule has 20 heavy (non-hydrogen) atoms. The lowest BCUT2D eigenvalue weighted by Crippen LogP contribution is -2.08. The Bertz CT molecular complexity index is 598. The molecule has 5 heteroatoms. The average molecular weight is 273 g/mol. The standard InChI is InChI=1S/C15H15NO4/c1-2-19-12-7-3-4-8-13(12)20-10-11-6-5-9-16-14(11)15(17)18/h3-9H,2,10H2,1H3,(H,17,18). The second-order valence-electron chi connectivity index (χ2n) is 3.98. The molecule has 2 rings (SSSR count). The van der Waals surface area contributed by atoms with E-state index in [1.54, 1.807) is 24.3 Å². The Hall–Kier alpha value is -2.56. The zero-order chi connectivity index (χ0) is 14.4. The monoisotopic (exact) mass is 273 g/mol. The molecule has 0 bridgehead atoms. The lowest BCUT2D eigenvalue weighted by molar-refractivity contribution is 0.0687.